The average molecular weight is 296 g/mol. The predicted molar refractivity (Wildman–Crippen MR) is 90.5 cm³/mol. The van der Waals surface area contributed by atoms with Gasteiger partial charge in [-0.05, 0) is 30.5 Å². The molecule has 116 valence electrons. The molecule has 2 aromatic rings. The molecule has 0 saturated carbocycles. The molecule has 0 saturated heterocycles. The molecule has 0 aliphatic heterocycles. The van der Waals surface area contributed by atoms with E-state index in [1.807, 2.05) is 65.6 Å². The topological polar surface area (TPSA) is 23.6 Å². The molecule has 0 radical (unpaired) electrons. The van der Waals surface area contributed by atoms with E-state index in [4.69, 9.17) is 0 Å². The van der Waals surface area contributed by atoms with E-state index in [9.17, 15) is 4.79 Å². The molecule has 0 aliphatic carbocycles. The molecule has 0 unspecified atom stereocenters. The maximum Gasteiger partial charge on any atom is 0.268 e. The Bertz CT molecular complexity index is 569. The quantitative estimate of drug-likeness (QED) is 0.728. The summed E-state index contributed by atoms with van der Waals surface area (Å²) in [5.41, 5.74) is 2.03. The van der Waals surface area contributed by atoms with Gasteiger partial charge < -0.3 is 0 Å². The number of hydrazine groups is 1. The number of hydrogen-bond donors (Lipinski definition) is 0. The van der Waals surface area contributed by atoms with Crippen molar-refractivity contribution in [1.82, 2.24) is 10.0 Å². The second-order valence-electron chi connectivity index (χ2n) is 5.41. The first-order valence-electron chi connectivity index (χ1n) is 7.84. The normalized spacial score (nSPS) is 10.7. The van der Waals surface area contributed by atoms with Crippen LogP contribution in [-0.4, -0.2) is 36.1 Å². The van der Waals surface area contributed by atoms with E-state index in [0.29, 0.717) is 0 Å². The highest BCUT2D eigenvalue weighted by Gasteiger charge is 2.18. The number of benzene rings is 2. The van der Waals surface area contributed by atoms with E-state index in [1.165, 1.54) is 5.56 Å². The summed E-state index contributed by atoms with van der Waals surface area (Å²) in [4.78, 5) is 12.7. The highest BCUT2D eigenvalue weighted by atomic mass is 16.2. The fraction of sp³-hybridized carbons (Fsp3) is 0.316. The number of carbonyl (C=O) groups excluding carboxylic acids is 1. The molecule has 0 aliphatic rings. The molecule has 22 heavy (non-hydrogen) atoms. The molecule has 0 atom stereocenters. The highest BCUT2D eigenvalue weighted by Crippen LogP contribution is 2.09. The van der Waals surface area contributed by atoms with Crippen LogP contribution >= 0.6 is 0 Å². The van der Waals surface area contributed by atoms with Gasteiger partial charge in [-0.1, -0.05) is 55.5 Å². The number of hydrogen-bond acceptors (Lipinski definition) is 2. The first kappa shape index (κ1) is 16.2. The zero-order valence-corrected chi connectivity index (χ0v) is 13.4. The lowest BCUT2D eigenvalue weighted by atomic mass is 10.1. The Morgan fingerprint density at radius 1 is 0.909 bits per heavy atom. The highest BCUT2D eigenvalue weighted by molar-refractivity contribution is 5.93. The van der Waals surface area contributed by atoms with Gasteiger partial charge in [0.25, 0.3) is 5.91 Å². The van der Waals surface area contributed by atoms with Crippen molar-refractivity contribution in [3.8, 4) is 0 Å². The summed E-state index contributed by atoms with van der Waals surface area (Å²) in [6, 6.07) is 19.8. The minimum Gasteiger partial charge on any atom is -0.272 e. The lowest BCUT2D eigenvalue weighted by Gasteiger charge is -2.32. The van der Waals surface area contributed by atoms with Gasteiger partial charge in [-0.3, -0.25) is 9.80 Å². The summed E-state index contributed by atoms with van der Waals surface area (Å²) in [6.45, 7) is 3.65. The molecule has 0 N–H and O–H groups in total. The number of carbonyl (C=O) groups is 1. The standard InChI is InChI=1S/C19H24N2O/c1-3-15-21(19(22)18-12-8-5-9-13-18)20(2)16-14-17-10-6-4-7-11-17/h4-13H,3,14-16H2,1-2H3. The fourth-order valence-electron chi connectivity index (χ4n) is 2.43. The molecule has 0 bridgehead atoms. The van der Waals surface area contributed by atoms with Gasteiger partial charge in [-0.25, -0.2) is 5.01 Å². The number of nitrogens with zero attached hydrogens (tertiary/aromatic N) is 2. The zero-order valence-electron chi connectivity index (χ0n) is 13.4. The van der Waals surface area contributed by atoms with Gasteiger partial charge in [0.2, 0.25) is 0 Å². The van der Waals surface area contributed by atoms with Crippen molar-refractivity contribution >= 4 is 5.91 Å². The molecule has 0 heterocycles. The van der Waals surface area contributed by atoms with Crippen molar-refractivity contribution in [2.24, 2.45) is 0 Å². The van der Waals surface area contributed by atoms with Gasteiger partial charge >= 0.3 is 0 Å². The van der Waals surface area contributed by atoms with Crippen LogP contribution in [0.3, 0.4) is 0 Å². The summed E-state index contributed by atoms with van der Waals surface area (Å²) in [7, 11) is 1.99. The smallest absolute Gasteiger partial charge is 0.268 e. The second-order valence-corrected chi connectivity index (χ2v) is 5.41. The van der Waals surface area contributed by atoms with Crippen molar-refractivity contribution in [3.63, 3.8) is 0 Å². The van der Waals surface area contributed by atoms with Crippen LogP contribution in [0.4, 0.5) is 0 Å². The Labute approximate surface area is 133 Å². The molecule has 1 amide bonds. The van der Waals surface area contributed by atoms with E-state index in [0.717, 1.165) is 31.5 Å². The van der Waals surface area contributed by atoms with E-state index in [-0.39, 0.29) is 5.91 Å². The lowest BCUT2D eigenvalue weighted by Crippen LogP contribution is -2.45. The summed E-state index contributed by atoms with van der Waals surface area (Å²) in [5, 5.41) is 3.88. The van der Waals surface area contributed by atoms with Gasteiger partial charge in [0, 0.05) is 25.7 Å². The minimum atomic E-state index is 0.0676. The predicted octanol–water partition coefficient (Wildman–Crippen LogP) is 3.63. The second kappa shape index (κ2) is 8.35. The van der Waals surface area contributed by atoms with Gasteiger partial charge in [0.05, 0.1) is 0 Å². The lowest BCUT2D eigenvalue weighted by molar-refractivity contribution is 0.00647. The van der Waals surface area contributed by atoms with Crippen molar-refractivity contribution < 1.29 is 4.79 Å². The van der Waals surface area contributed by atoms with Crippen LogP contribution in [0.5, 0.6) is 0 Å². The van der Waals surface area contributed by atoms with Crippen molar-refractivity contribution in [3.05, 3.63) is 71.8 Å². The van der Waals surface area contributed by atoms with Crippen molar-refractivity contribution in [1.29, 1.82) is 0 Å². The van der Waals surface area contributed by atoms with Crippen LogP contribution in [0, 0.1) is 0 Å². The largest absolute Gasteiger partial charge is 0.272 e. The Kier molecular flexibility index (Phi) is 6.16. The molecule has 3 nitrogen and oxygen atoms in total. The number of rotatable bonds is 7. The molecule has 0 aromatic heterocycles. The van der Waals surface area contributed by atoms with Gasteiger partial charge in [0.1, 0.15) is 0 Å². The van der Waals surface area contributed by atoms with Crippen LogP contribution < -0.4 is 0 Å². The zero-order chi connectivity index (χ0) is 15.8. The third kappa shape index (κ3) is 4.43. The fourth-order valence-corrected chi connectivity index (χ4v) is 2.43. The number of amides is 1. The van der Waals surface area contributed by atoms with Crippen LogP contribution in [0.15, 0.2) is 60.7 Å². The molecular weight excluding hydrogens is 272 g/mol. The summed E-state index contributed by atoms with van der Waals surface area (Å²) in [6.07, 6.45) is 1.87. The van der Waals surface area contributed by atoms with Crippen LogP contribution in [-0.2, 0) is 6.42 Å². The molecule has 0 spiro atoms. The van der Waals surface area contributed by atoms with Gasteiger partial charge in [-0.15, -0.1) is 0 Å². The van der Waals surface area contributed by atoms with Crippen LogP contribution in [0.2, 0.25) is 0 Å². The van der Waals surface area contributed by atoms with E-state index in [1.54, 1.807) is 0 Å². The summed E-state index contributed by atoms with van der Waals surface area (Å²) in [5.74, 6) is 0.0676. The van der Waals surface area contributed by atoms with Gasteiger partial charge in [0.15, 0.2) is 0 Å². The Balaban J connectivity index is 2.02. The van der Waals surface area contributed by atoms with E-state index < -0.39 is 0 Å². The van der Waals surface area contributed by atoms with E-state index in [2.05, 4.69) is 19.1 Å². The minimum absolute atomic E-state index is 0.0676. The van der Waals surface area contributed by atoms with Crippen molar-refractivity contribution in [2.75, 3.05) is 20.1 Å². The van der Waals surface area contributed by atoms with Gasteiger partial charge in [-0.2, -0.15) is 0 Å². The molecule has 0 fully saturated rings. The Hall–Kier alpha value is -2.13. The first-order valence-corrected chi connectivity index (χ1v) is 7.84. The third-order valence-corrected chi connectivity index (χ3v) is 3.67. The van der Waals surface area contributed by atoms with Crippen molar-refractivity contribution in [2.45, 2.75) is 19.8 Å². The summed E-state index contributed by atoms with van der Waals surface area (Å²) < 4.78 is 0. The van der Waals surface area contributed by atoms with E-state index >= 15 is 0 Å². The average Bonchev–Trinajstić information content (AvgIpc) is 2.58. The first-order chi connectivity index (χ1) is 10.7. The maximum absolute atomic E-state index is 12.7. The SMILES string of the molecule is CCCN(C(=O)c1ccccc1)N(C)CCc1ccccc1. The molecule has 2 rings (SSSR count). The van der Waals surface area contributed by atoms with Crippen LogP contribution in [0.25, 0.3) is 0 Å². The summed E-state index contributed by atoms with van der Waals surface area (Å²) >= 11 is 0. The molecule has 3 heteroatoms. The molecular formula is C19H24N2O. The Morgan fingerprint density at radius 2 is 1.50 bits per heavy atom. The van der Waals surface area contributed by atoms with Crippen LogP contribution in [0.1, 0.15) is 29.3 Å². The number of likely N-dealkylation sites (N-methyl/N-ethyl adjacent to an activating group) is 1. The maximum atomic E-state index is 12.7. The third-order valence-electron chi connectivity index (χ3n) is 3.67. The molecule has 2 aromatic carbocycles. The Morgan fingerprint density at radius 3 is 2.09 bits per heavy atom. The monoisotopic (exact) mass is 296 g/mol.